The van der Waals surface area contributed by atoms with Crippen LogP contribution in [0.1, 0.15) is 18.4 Å². The summed E-state index contributed by atoms with van der Waals surface area (Å²) in [5, 5.41) is 4.84. The van der Waals surface area contributed by atoms with Crippen molar-refractivity contribution in [3.05, 3.63) is 34.9 Å². The molecule has 0 spiro atoms. The fourth-order valence-corrected chi connectivity index (χ4v) is 2.13. The summed E-state index contributed by atoms with van der Waals surface area (Å²) >= 11 is 5.82. The van der Waals surface area contributed by atoms with Gasteiger partial charge in [0.05, 0.1) is 5.41 Å². The summed E-state index contributed by atoms with van der Waals surface area (Å²) in [7, 11) is 1.38. The van der Waals surface area contributed by atoms with Crippen molar-refractivity contribution in [1.29, 1.82) is 0 Å². The molecule has 1 aliphatic carbocycles. The molecule has 7 heteroatoms. The number of hydrogen-bond donors (Lipinski definition) is 2. The zero-order valence-electron chi connectivity index (χ0n) is 11.4. The van der Waals surface area contributed by atoms with Crippen molar-refractivity contribution in [1.82, 2.24) is 10.6 Å². The molecule has 0 unspecified atom stereocenters. The van der Waals surface area contributed by atoms with Gasteiger partial charge in [-0.1, -0.05) is 23.7 Å². The minimum Gasteiger partial charge on any atom is -0.455 e. The molecular formula is C14H15ClN2O4. The van der Waals surface area contributed by atoms with E-state index < -0.39 is 29.9 Å². The second-order valence-corrected chi connectivity index (χ2v) is 5.23. The summed E-state index contributed by atoms with van der Waals surface area (Å²) in [6, 6.07) is 6.34. The Kier molecular flexibility index (Phi) is 4.47. The molecule has 0 radical (unpaired) electrons. The van der Waals surface area contributed by atoms with Gasteiger partial charge < -0.3 is 10.1 Å². The highest BCUT2D eigenvalue weighted by molar-refractivity contribution is 6.30. The van der Waals surface area contributed by atoms with E-state index in [0.29, 0.717) is 17.9 Å². The number of esters is 1. The van der Waals surface area contributed by atoms with Crippen molar-refractivity contribution < 1.29 is 19.1 Å². The number of ether oxygens (including phenoxy) is 1. The molecule has 1 saturated carbocycles. The van der Waals surface area contributed by atoms with Crippen LogP contribution in [0.3, 0.4) is 0 Å². The number of rotatable bonds is 4. The fraction of sp³-hybridized carbons (Fsp3) is 0.357. The Labute approximate surface area is 126 Å². The predicted molar refractivity (Wildman–Crippen MR) is 75.9 cm³/mol. The second-order valence-electron chi connectivity index (χ2n) is 4.79. The minimum atomic E-state index is -0.683. The molecule has 2 N–H and O–H groups in total. The molecule has 0 bridgehead atoms. The van der Waals surface area contributed by atoms with Gasteiger partial charge in [0.25, 0.3) is 5.91 Å². The first-order chi connectivity index (χ1) is 9.98. The van der Waals surface area contributed by atoms with Gasteiger partial charge in [0.15, 0.2) is 6.61 Å². The van der Waals surface area contributed by atoms with E-state index in [1.807, 2.05) is 5.32 Å². The fourth-order valence-electron chi connectivity index (χ4n) is 2.00. The maximum absolute atomic E-state index is 12.1. The van der Waals surface area contributed by atoms with E-state index >= 15 is 0 Å². The molecule has 0 atom stereocenters. The molecule has 1 aliphatic rings. The van der Waals surface area contributed by atoms with Crippen LogP contribution in [0.25, 0.3) is 0 Å². The maximum Gasteiger partial charge on any atom is 0.321 e. The van der Waals surface area contributed by atoms with Crippen LogP contribution >= 0.6 is 11.6 Å². The zero-order chi connectivity index (χ0) is 15.5. The predicted octanol–water partition coefficient (Wildman–Crippen LogP) is 1.37. The number of carbonyl (C=O) groups is 3. The van der Waals surface area contributed by atoms with Crippen LogP contribution in [0, 0.1) is 0 Å². The molecule has 0 aliphatic heterocycles. The van der Waals surface area contributed by atoms with Crippen molar-refractivity contribution in [2.24, 2.45) is 0 Å². The van der Waals surface area contributed by atoms with Crippen LogP contribution in [0.4, 0.5) is 4.79 Å². The van der Waals surface area contributed by atoms with E-state index in [9.17, 15) is 14.4 Å². The van der Waals surface area contributed by atoms with Gasteiger partial charge in [0, 0.05) is 12.1 Å². The summed E-state index contributed by atoms with van der Waals surface area (Å²) in [6.07, 6.45) is 1.34. The van der Waals surface area contributed by atoms with Crippen molar-refractivity contribution >= 4 is 29.5 Å². The smallest absolute Gasteiger partial charge is 0.321 e. The monoisotopic (exact) mass is 310 g/mol. The number of imide groups is 1. The van der Waals surface area contributed by atoms with Crippen molar-refractivity contribution in [3.8, 4) is 0 Å². The van der Waals surface area contributed by atoms with Gasteiger partial charge in [-0.05, 0) is 30.5 Å². The molecule has 112 valence electrons. The van der Waals surface area contributed by atoms with Gasteiger partial charge >= 0.3 is 12.0 Å². The standard InChI is InChI=1S/C14H15ClN2O4/c1-16-13(20)17-11(18)8-21-12(19)14(6-7-14)9-2-4-10(15)5-3-9/h2-5H,6-8H2,1H3,(H2,16,17,18,20). The lowest BCUT2D eigenvalue weighted by Crippen LogP contribution is -2.40. The molecular weight excluding hydrogens is 296 g/mol. The highest BCUT2D eigenvalue weighted by atomic mass is 35.5. The highest BCUT2D eigenvalue weighted by Gasteiger charge is 2.52. The summed E-state index contributed by atoms with van der Waals surface area (Å²) in [6.45, 7) is -0.485. The van der Waals surface area contributed by atoms with Gasteiger partial charge in [-0.25, -0.2) is 4.79 Å². The van der Waals surface area contributed by atoms with Crippen LogP contribution < -0.4 is 10.6 Å². The van der Waals surface area contributed by atoms with Gasteiger partial charge in [-0.2, -0.15) is 0 Å². The first-order valence-electron chi connectivity index (χ1n) is 6.43. The molecule has 6 nitrogen and oxygen atoms in total. The Bertz CT molecular complexity index is 567. The topological polar surface area (TPSA) is 84.5 Å². The van der Waals surface area contributed by atoms with Crippen LogP contribution in [0.15, 0.2) is 24.3 Å². The van der Waals surface area contributed by atoms with E-state index in [2.05, 4.69) is 5.32 Å². The summed E-state index contributed by atoms with van der Waals surface area (Å²) in [5.41, 5.74) is 0.140. The van der Waals surface area contributed by atoms with Crippen LogP contribution in [-0.4, -0.2) is 31.6 Å². The van der Waals surface area contributed by atoms with E-state index in [4.69, 9.17) is 16.3 Å². The summed E-state index contributed by atoms with van der Waals surface area (Å²) in [4.78, 5) is 34.4. The molecule has 21 heavy (non-hydrogen) atoms. The number of carbonyl (C=O) groups excluding carboxylic acids is 3. The lowest BCUT2D eigenvalue weighted by Gasteiger charge is -2.14. The average molecular weight is 311 g/mol. The molecule has 0 aromatic heterocycles. The lowest BCUT2D eigenvalue weighted by molar-refractivity contribution is -0.150. The molecule has 0 saturated heterocycles. The van der Waals surface area contributed by atoms with E-state index in [1.54, 1.807) is 24.3 Å². The van der Waals surface area contributed by atoms with Crippen LogP contribution in [-0.2, 0) is 19.7 Å². The van der Waals surface area contributed by atoms with Crippen LogP contribution in [0.2, 0.25) is 5.02 Å². The van der Waals surface area contributed by atoms with E-state index in [-0.39, 0.29) is 0 Å². The van der Waals surface area contributed by atoms with Crippen LogP contribution in [0.5, 0.6) is 0 Å². The number of amides is 3. The Morgan fingerprint density at radius 3 is 2.38 bits per heavy atom. The minimum absolute atomic E-state index is 0.461. The molecule has 1 fully saturated rings. The molecule has 1 aromatic carbocycles. The maximum atomic E-state index is 12.1. The summed E-state index contributed by atoms with van der Waals surface area (Å²) < 4.78 is 5.00. The van der Waals surface area contributed by atoms with Gasteiger partial charge in [-0.15, -0.1) is 0 Å². The first kappa shape index (κ1) is 15.3. The number of benzene rings is 1. The number of urea groups is 1. The first-order valence-corrected chi connectivity index (χ1v) is 6.80. The number of hydrogen-bond acceptors (Lipinski definition) is 4. The zero-order valence-corrected chi connectivity index (χ0v) is 12.2. The van der Waals surface area contributed by atoms with Crippen molar-refractivity contribution in [3.63, 3.8) is 0 Å². The Balaban J connectivity index is 1.93. The van der Waals surface area contributed by atoms with E-state index in [0.717, 1.165) is 5.56 Å². The molecule has 0 heterocycles. The Hall–Kier alpha value is -2.08. The average Bonchev–Trinajstić information content (AvgIpc) is 3.27. The largest absolute Gasteiger partial charge is 0.455 e. The molecule has 2 rings (SSSR count). The number of nitrogens with one attached hydrogen (secondary N) is 2. The van der Waals surface area contributed by atoms with Crippen molar-refractivity contribution in [2.45, 2.75) is 18.3 Å². The van der Waals surface area contributed by atoms with E-state index in [1.165, 1.54) is 7.05 Å². The SMILES string of the molecule is CNC(=O)NC(=O)COC(=O)C1(c2ccc(Cl)cc2)CC1. The molecule has 3 amide bonds. The van der Waals surface area contributed by atoms with Gasteiger partial charge in [-0.3, -0.25) is 14.9 Å². The van der Waals surface area contributed by atoms with Gasteiger partial charge in [0.2, 0.25) is 0 Å². The third-order valence-corrected chi connectivity index (χ3v) is 3.60. The quantitative estimate of drug-likeness (QED) is 0.823. The Morgan fingerprint density at radius 2 is 1.86 bits per heavy atom. The van der Waals surface area contributed by atoms with Crippen molar-refractivity contribution in [2.75, 3.05) is 13.7 Å². The normalized spacial score (nSPS) is 15.0. The number of halogens is 1. The molecule has 1 aromatic rings. The second kappa shape index (κ2) is 6.13. The van der Waals surface area contributed by atoms with Gasteiger partial charge in [0.1, 0.15) is 0 Å². The third-order valence-electron chi connectivity index (χ3n) is 3.35. The Morgan fingerprint density at radius 1 is 1.24 bits per heavy atom. The third kappa shape index (κ3) is 3.52. The lowest BCUT2D eigenvalue weighted by atomic mass is 9.96. The highest BCUT2D eigenvalue weighted by Crippen LogP contribution is 2.49. The summed E-state index contributed by atoms with van der Waals surface area (Å²) in [5.74, 6) is -1.13.